The first-order valence-corrected chi connectivity index (χ1v) is 13.4. The van der Waals surface area contributed by atoms with Crippen molar-refractivity contribution in [3.63, 3.8) is 0 Å². The third kappa shape index (κ3) is 3.14. The number of fused-ring (bicyclic) bond motifs is 1. The van der Waals surface area contributed by atoms with Crippen LogP contribution in [0.2, 0.25) is 0 Å². The fourth-order valence-electron chi connectivity index (χ4n) is 8.31. The van der Waals surface area contributed by atoms with Crippen LogP contribution >= 0.6 is 0 Å². The van der Waals surface area contributed by atoms with Gasteiger partial charge in [-0.15, -0.1) is 0 Å². The molecule has 2 heterocycles. The first-order valence-electron chi connectivity index (χ1n) is 13.4. The van der Waals surface area contributed by atoms with E-state index in [-0.39, 0.29) is 10.8 Å². The molecule has 4 nitrogen and oxygen atoms in total. The zero-order valence-electron chi connectivity index (χ0n) is 20.4. The van der Waals surface area contributed by atoms with Gasteiger partial charge in [0.1, 0.15) is 5.75 Å². The molecule has 3 aliphatic carbocycles. The molecule has 180 valence electrons. The Morgan fingerprint density at radius 1 is 1.00 bits per heavy atom. The first kappa shape index (κ1) is 21.4. The Morgan fingerprint density at radius 2 is 1.82 bits per heavy atom. The molecule has 2 aromatic carbocycles. The molecule has 0 unspecified atom stereocenters. The van der Waals surface area contributed by atoms with E-state index in [9.17, 15) is 0 Å². The van der Waals surface area contributed by atoms with Crippen LogP contribution in [-0.4, -0.2) is 50.1 Å². The van der Waals surface area contributed by atoms with E-state index < -0.39 is 5.79 Å². The average Bonchev–Trinajstić information content (AvgIpc) is 3.58. The van der Waals surface area contributed by atoms with Gasteiger partial charge < -0.3 is 14.2 Å². The molecule has 0 amide bonds. The van der Waals surface area contributed by atoms with E-state index in [0.717, 1.165) is 57.0 Å². The van der Waals surface area contributed by atoms with E-state index >= 15 is 0 Å². The van der Waals surface area contributed by atoms with Gasteiger partial charge in [0, 0.05) is 36.3 Å². The number of nitrogens with zero attached hydrogens (tertiary/aromatic N) is 1. The third-order valence-corrected chi connectivity index (χ3v) is 9.99. The molecule has 5 aliphatic rings. The molecule has 0 radical (unpaired) electrons. The van der Waals surface area contributed by atoms with Crippen LogP contribution in [-0.2, 0) is 27.7 Å². The van der Waals surface area contributed by atoms with Gasteiger partial charge in [0.15, 0.2) is 5.79 Å². The van der Waals surface area contributed by atoms with Crippen molar-refractivity contribution >= 4 is 0 Å². The van der Waals surface area contributed by atoms with E-state index in [1.807, 2.05) is 0 Å². The lowest BCUT2D eigenvalue weighted by atomic mass is 9.41. The quantitative estimate of drug-likeness (QED) is 0.620. The number of benzene rings is 2. The lowest BCUT2D eigenvalue weighted by molar-refractivity contribution is -0.237. The normalized spacial score (nSPS) is 34.0. The van der Waals surface area contributed by atoms with Gasteiger partial charge >= 0.3 is 0 Å². The standard InChI is InChI=1S/C30H37NO3/c1-32-25-10-9-24-17-27-28(19-22-5-3-2-4-6-22)11-12-30(33-15-16-34-30)21-29(28,26(24)18-25)13-14-31(27)20-23-7-8-23/h2-6,9-10,18,23,27H,7-8,11-17,19-21H2,1H3/t27-,28-,29-/m1/s1. The van der Waals surface area contributed by atoms with E-state index in [2.05, 4.69) is 53.4 Å². The van der Waals surface area contributed by atoms with Crippen LogP contribution in [0.15, 0.2) is 48.5 Å². The van der Waals surface area contributed by atoms with E-state index in [1.54, 1.807) is 7.11 Å². The van der Waals surface area contributed by atoms with Crippen molar-refractivity contribution in [1.82, 2.24) is 4.90 Å². The van der Waals surface area contributed by atoms with Crippen LogP contribution in [0.5, 0.6) is 5.75 Å². The van der Waals surface area contributed by atoms with Crippen molar-refractivity contribution in [2.45, 2.75) is 68.6 Å². The molecule has 0 N–H and O–H groups in total. The molecular formula is C30H37NO3. The van der Waals surface area contributed by atoms with Crippen LogP contribution in [0.25, 0.3) is 0 Å². The lowest BCUT2D eigenvalue weighted by Gasteiger charge is -2.68. The number of methoxy groups -OCH3 is 1. The monoisotopic (exact) mass is 459 g/mol. The Balaban J connectivity index is 1.42. The Hall–Kier alpha value is -1.88. The summed E-state index contributed by atoms with van der Waals surface area (Å²) in [6.07, 6.45) is 9.43. The molecular weight excluding hydrogens is 422 g/mol. The number of piperidine rings is 1. The predicted octanol–water partition coefficient (Wildman–Crippen LogP) is 5.13. The number of rotatable bonds is 5. The summed E-state index contributed by atoms with van der Waals surface area (Å²) in [5.74, 6) is 1.48. The molecule has 2 aliphatic heterocycles. The maximum Gasteiger partial charge on any atom is 0.169 e. The number of hydrogen-bond acceptors (Lipinski definition) is 4. The summed E-state index contributed by atoms with van der Waals surface area (Å²) in [6.45, 7) is 3.92. The molecule has 3 atom stereocenters. The van der Waals surface area contributed by atoms with Gasteiger partial charge in [-0.05, 0) is 79.8 Å². The predicted molar refractivity (Wildman–Crippen MR) is 132 cm³/mol. The van der Waals surface area contributed by atoms with E-state index in [0.29, 0.717) is 6.04 Å². The van der Waals surface area contributed by atoms with Crippen LogP contribution in [0.1, 0.15) is 55.2 Å². The Bertz CT molecular complexity index is 1060. The second-order valence-electron chi connectivity index (χ2n) is 11.6. The SMILES string of the molecule is COc1ccc2c(c1)[C@]13CCN(CC4CC4)[C@H](C2)[C@]1(Cc1ccccc1)CCC1(C3)OCCO1. The number of ether oxygens (including phenoxy) is 3. The molecule has 1 spiro atoms. The summed E-state index contributed by atoms with van der Waals surface area (Å²) in [5.41, 5.74) is 4.73. The highest BCUT2D eigenvalue weighted by molar-refractivity contribution is 5.49. The highest BCUT2D eigenvalue weighted by atomic mass is 16.7. The third-order valence-electron chi connectivity index (χ3n) is 9.99. The van der Waals surface area contributed by atoms with Crippen LogP contribution < -0.4 is 4.74 Å². The molecule has 0 aromatic heterocycles. The second kappa shape index (κ2) is 7.81. The fraction of sp³-hybridized carbons (Fsp3) is 0.600. The largest absolute Gasteiger partial charge is 0.497 e. The summed E-state index contributed by atoms with van der Waals surface area (Å²) in [5, 5.41) is 0. The maximum absolute atomic E-state index is 6.42. The lowest BCUT2D eigenvalue weighted by Crippen LogP contribution is -2.71. The summed E-state index contributed by atoms with van der Waals surface area (Å²) in [7, 11) is 1.80. The summed E-state index contributed by atoms with van der Waals surface area (Å²) in [4.78, 5) is 2.90. The van der Waals surface area contributed by atoms with E-state index in [4.69, 9.17) is 14.2 Å². The Labute approximate surface area is 203 Å². The summed E-state index contributed by atoms with van der Waals surface area (Å²) < 4.78 is 18.6. The van der Waals surface area contributed by atoms with Crippen molar-refractivity contribution in [3.8, 4) is 5.75 Å². The van der Waals surface area contributed by atoms with Crippen molar-refractivity contribution in [1.29, 1.82) is 0 Å². The first-order chi connectivity index (χ1) is 16.7. The molecule has 2 saturated carbocycles. The highest BCUT2D eigenvalue weighted by Crippen LogP contribution is 2.67. The zero-order chi connectivity index (χ0) is 22.8. The topological polar surface area (TPSA) is 30.9 Å². The Kier molecular flexibility index (Phi) is 4.92. The average molecular weight is 460 g/mol. The van der Waals surface area contributed by atoms with Crippen LogP contribution in [0.3, 0.4) is 0 Å². The summed E-state index contributed by atoms with van der Waals surface area (Å²) >= 11 is 0. The van der Waals surface area contributed by atoms with E-state index in [1.165, 1.54) is 49.0 Å². The molecule has 7 rings (SSSR count). The number of hydrogen-bond donors (Lipinski definition) is 0. The van der Waals surface area contributed by atoms with Crippen LogP contribution in [0.4, 0.5) is 0 Å². The van der Waals surface area contributed by atoms with Gasteiger partial charge in [-0.2, -0.15) is 0 Å². The second-order valence-corrected chi connectivity index (χ2v) is 11.6. The highest BCUT2D eigenvalue weighted by Gasteiger charge is 2.68. The minimum Gasteiger partial charge on any atom is -0.497 e. The van der Waals surface area contributed by atoms with Gasteiger partial charge in [0.25, 0.3) is 0 Å². The molecule has 4 fully saturated rings. The van der Waals surface area contributed by atoms with Gasteiger partial charge in [0.2, 0.25) is 0 Å². The smallest absolute Gasteiger partial charge is 0.169 e. The van der Waals surface area contributed by atoms with Crippen molar-refractivity contribution in [2.24, 2.45) is 11.3 Å². The molecule has 2 aromatic rings. The van der Waals surface area contributed by atoms with Gasteiger partial charge in [0.05, 0.1) is 20.3 Å². The van der Waals surface area contributed by atoms with Crippen molar-refractivity contribution in [3.05, 3.63) is 65.2 Å². The van der Waals surface area contributed by atoms with Gasteiger partial charge in [-0.25, -0.2) is 0 Å². The van der Waals surface area contributed by atoms with Crippen molar-refractivity contribution in [2.75, 3.05) is 33.4 Å². The fourth-order valence-corrected chi connectivity index (χ4v) is 8.31. The van der Waals surface area contributed by atoms with Gasteiger partial charge in [-0.3, -0.25) is 4.90 Å². The minimum absolute atomic E-state index is 0.0400. The Morgan fingerprint density at radius 3 is 2.59 bits per heavy atom. The molecule has 2 saturated heterocycles. The molecule has 4 heteroatoms. The summed E-state index contributed by atoms with van der Waals surface area (Å²) in [6, 6.07) is 18.7. The molecule has 34 heavy (non-hydrogen) atoms. The maximum atomic E-state index is 6.42. The number of likely N-dealkylation sites (tertiary alicyclic amines) is 1. The van der Waals surface area contributed by atoms with Crippen LogP contribution in [0, 0.1) is 11.3 Å². The van der Waals surface area contributed by atoms with Crippen molar-refractivity contribution < 1.29 is 14.2 Å². The zero-order valence-corrected chi connectivity index (χ0v) is 20.4. The minimum atomic E-state index is -0.416. The van der Waals surface area contributed by atoms with Gasteiger partial charge in [-0.1, -0.05) is 36.4 Å². The molecule has 2 bridgehead atoms.